The van der Waals surface area contributed by atoms with E-state index >= 15 is 0 Å². The van der Waals surface area contributed by atoms with Crippen molar-refractivity contribution < 1.29 is 4.79 Å². The number of rotatable bonds is 0. The Morgan fingerprint density at radius 2 is 2.17 bits per heavy atom. The standard InChI is InChI=1S/C9H18N2O/c1-7-5-6-11(4)8(12)9(2,3)10-7/h7,10H,5-6H2,1-4H3. The van der Waals surface area contributed by atoms with Gasteiger partial charge in [-0.05, 0) is 27.2 Å². The van der Waals surface area contributed by atoms with Crippen LogP contribution in [0.3, 0.4) is 0 Å². The van der Waals surface area contributed by atoms with Crippen LogP contribution in [0.2, 0.25) is 0 Å². The molecule has 1 aliphatic rings. The molecule has 1 saturated heterocycles. The summed E-state index contributed by atoms with van der Waals surface area (Å²) in [5.74, 6) is 0.187. The zero-order valence-corrected chi connectivity index (χ0v) is 8.35. The summed E-state index contributed by atoms with van der Waals surface area (Å²) < 4.78 is 0. The van der Waals surface area contributed by atoms with Crippen molar-refractivity contribution >= 4 is 5.91 Å². The highest BCUT2D eigenvalue weighted by Crippen LogP contribution is 2.13. The molecule has 1 fully saturated rings. The molecule has 70 valence electrons. The van der Waals surface area contributed by atoms with Crippen molar-refractivity contribution in [3.05, 3.63) is 0 Å². The molecule has 0 aromatic carbocycles. The van der Waals surface area contributed by atoms with Gasteiger partial charge >= 0.3 is 0 Å². The van der Waals surface area contributed by atoms with Gasteiger partial charge in [0.1, 0.15) is 0 Å². The SMILES string of the molecule is CC1CCN(C)C(=O)C(C)(C)N1. The van der Waals surface area contributed by atoms with Gasteiger partial charge in [0.05, 0.1) is 5.54 Å². The lowest BCUT2D eigenvalue weighted by molar-refractivity contribution is -0.134. The molecule has 0 aromatic heterocycles. The quantitative estimate of drug-likeness (QED) is 0.577. The molecule has 0 saturated carbocycles. The van der Waals surface area contributed by atoms with Crippen molar-refractivity contribution in [3.8, 4) is 0 Å². The smallest absolute Gasteiger partial charge is 0.242 e. The van der Waals surface area contributed by atoms with Gasteiger partial charge in [0.25, 0.3) is 0 Å². The lowest BCUT2D eigenvalue weighted by Gasteiger charge is -2.27. The first-order valence-corrected chi connectivity index (χ1v) is 4.47. The summed E-state index contributed by atoms with van der Waals surface area (Å²) in [5, 5.41) is 3.31. The Hall–Kier alpha value is -0.570. The van der Waals surface area contributed by atoms with Crippen molar-refractivity contribution in [1.82, 2.24) is 10.2 Å². The van der Waals surface area contributed by atoms with Gasteiger partial charge in [0.15, 0.2) is 0 Å². The van der Waals surface area contributed by atoms with Crippen LogP contribution in [0, 0.1) is 0 Å². The first-order chi connectivity index (χ1) is 5.43. The molecule has 0 aliphatic carbocycles. The number of nitrogens with one attached hydrogen (secondary N) is 1. The number of carbonyl (C=O) groups is 1. The fourth-order valence-corrected chi connectivity index (χ4v) is 1.72. The zero-order valence-electron chi connectivity index (χ0n) is 8.35. The number of hydrogen-bond acceptors (Lipinski definition) is 2. The van der Waals surface area contributed by atoms with Crippen LogP contribution in [0.5, 0.6) is 0 Å². The molecule has 0 spiro atoms. The molecule has 1 N–H and O–H groups in total. The number of nitrogens with zero attached hydrogens (tertiary/aromatic N) is 1. The molecule has 1 amide bonds. The highest BCUT2D eigenvalue weighted by atomic mass is 16.2. The van der Waals surface area contributed by atoms with Crippen molar-refractivity contribution in [2.24, 2.45) is 0 Å². The highest BCUT2D eigenvalue weighted by molar-refractivity contribution is 5.85. The van der Waals surface area contributed by atoms with Gasteiger partial charge in [0, 0.05) is 19.6 Å². The second-order valence-corrected chi connectivity index (χ2v) is 4.19. The third-order valence-electron chi connectivity index (χ3n) is 2.39. The van der Waals surface area contributed by atoms with E-state index in [1.54, 1.807) is 4.90 Å². The topological polar surface area (TPSA) is 32.3 Å². The van der Waals surface area contributed by atoms with E-state index in [0.717, 1.165) is 13.0 Å². The van der Waals surface area contributed by atoms with Gasteiger partial charge in [0.2, 0.25) is 5.91 Å². The number of carbonyl (C=O) groups excluding carboxylic acids is 1. The number of amides is 1. The lowest BCUT2D eigenvalue weighted by atomic mass is 10.0. The lowest BCUT2D eigenvalue weighted by Crippen LogP contribution is -2.52. The largest absolute Gasteiger partial charge is 0.344 e. The summed E-state index contributed by atoms with van der Waals surface area (Å²) in [6, 6.07) is 0.425. The van der Waals surface area contributed by atoms with Crippen LogP contribution in [-0.4, -0.2) is 36.0 Å². The van der Waals surface area contributed by atoms with E-state index in [-0.39, 0.29) is 5.91 Å². The maximum atomic E-state index is 11.7. The van der Waals surface area contributed by atoms with E-state index in [0.29, 0.717) is 6.04 Å². The van der Waals surface area contributed by atoms with Crippen LogP contribution in [0.25, 0.3) is 0 Å². The van der Waals surface area contributed by atoms with Crippen molar-refractivity contribution in [1.29, 1.82) is 0 Å². The Balaban J connectivity index is 2.79. The highest BCUT2D eigenvalue weighted by Gasteiger charge is 2.33. The summed E-state index contributed by atoms with van der Waals surface area (Å²) in [6.07, 6.45) is 1.03. The molecule has 1 heterocycles. The van der Waals surface area contributed by atoms with Gasteiger partial charge in [-0.2, -0.15) is 0 Å². The Bertz CT molecular complexity index is 189. The maximum absolute atomic E-state index is 11.7. The third kappa shape index (κ3) is 1.78. The predicted octanol–water partition coefficient (Wildman–Crippen LogP) is 0.605. The Labute approximate surface area is 74.1 Å². The van der Waals surface area contributed by atoms with E-state index in [4.69, 9.17) is 0 Å². The van der Waals surface area contributed by atoms with E-state index in [1.807, 2.05) is 20.9 Å². The van der Waals surface area contributed by atoms with Gasteiger partial charge in [-0.1, -0.05) is 0 Å². The molecular weight excluding hydrogens is 152 g/mol. The zero-order chi connectivity index (χ0) is 9.35. The van der Waals surface area contributed by atoms with Crippen molar-refractivity contribution in [2.45, 2.75) is 38.8 Å². The van der Waals surface area contributed by atoms with Gasteiger partial charge in [-0.15, -0.1) is 0 Å². The van der Waals surface area contributed by atoms with Crippen LogP contribution < -0.4 is 5.32 Å². The van der Waals surface area contributed by atoms with Crippen LogP contribution >= 0.6 is 0 Å². The summed E-state index contributed by atoms with van der Waals surface area (Å²) in [7, 11) is 1.86. The maximum Gasteiger partial charge on any atom is 0.242 e. The molecule has 1 aliphatic heterocycles. The second kappa shape index (κ2) is 3.05. The molecular formula is C9H18N2O. The molecule has 3 nitrogen and oxygen atoms in total. The minimum atomic E-state index is -0.398. The molecule has 1 atom stereocenters. The molecule has 1 rings (SSSR count). The third-order valence-corrected chi connectivity index (χ3v) is 2.39. The fourth-order valence-electron chi connectivity index (χ4n) is 1.72. The Morgan fingerprint density at radius 3 is 2.75 bits per heavy atom. The van der Waals surface area contributed by atoms with E-state index in [9.17, 15) is 4.79 Å². The second-order valence-electron chi connectivity index (χ2n) is 4.19. The molecule has 12 heavy (non-hydrogen) atoms. The van der Waals surface area contributed by atoms with Crippen molar-refractivity contribution in [2.75, 3.05) is 13.6 Å². The first kappa shape index (κ1) is 9.52. The van der Waals surface area contributed by atoms with Crippen LogP contribution in [0.4, 0.5) is 0 Å². The van der Waals surface area contributed by atoms with Gasteiger partial charge < -0.3 is 10.2 Å². The summed E-state index contributed by atoms with van der Waals surface area (Å²) in [6.45, 7) is 6.85. The molecule has 0 aromatic rings. The van der Waals surface area contributed by atoms with Gasteiger partial charge in [-0.25, -0.2) is 0 Å². The van der Waals surface area contributed by atoms with E-state index < -0.39 is 5.54 Å². The summed E-state index contributed by atoms with van der Waals surface area (Å²) >= 11 is 0. The average molecular weight is 170 g/mol. The molecule has 0 bridgehead atoms. The predicted molar refractivity (Wildman–Crippen MR) is 48.9 cm³/mol. The monoisotopic (exact) mass is 170 g/mol. The summed E-state index contributed by atoms with van der Waals surface area (Å²) in [4.78, 5) is 13.5. The molecule has 0 radical (unpaired) electrons. The Morgan fingerprint density at radius 1 is 1.58 bits per heavy atom. The summed E-state index contributed by atoms with van der Waals surface area (Å²) in [5.41, 5.74) is -0.398. The van der Waals surface area contributed by atoms with E-state index in [2.05, 4.69) is 12.2 Å². The number of hydrogen-bond donors (Lipinski definition) is 1. The number of likely N-dealkylation sites (N-methyl/N-ethyl adjacent to an activating group) is 1. The molecule has 1 unspecified atom stereocenters. The van der Waals surface area contributed by atoms with Crippen molar-refractivity contribution in [3.63, 3.8) is 0 Å². The van der Waals surface area contributed by atoms with Crippen LogP contribution in [0.1, 0.15) is 27.2 Å². The fraction of sp³-hybridized carbons (Fsp3) is 0.889. The average Bonchev–Trinajstić information content (AvgIpc) is 2.03. The Kier molecular flexibility index (Phi) is 2.42. The van der Waals surface area contributed by atoms with Crippen LogP contribution in [0.15, 0.2) is 0 Å². The van der Waals surface area contributed by atoms with Crippen LogP contribution in [-0.2, 0) is 4.79 Å². The van der Waals surface area contributed by atoms with E-state index in [1.165, 1.54) is 0 Å². The minimum Gasteiger partial charge on any atom is -0.344 e. The minimum absolute atomic E-state index is 0.187. The molecule has 3 heteroatoms. The normalized spacial score (nSPS) is 30.2. The van der Waals surface area contributed by atoms with Gasteiger partial charge in [-0.3, -0.25) is 4.79 Å². The first-order valence-electron chi connectivity index (χ1n) is 4.47.